The van der Waals surface area contributed by atoms with Gasteiger partial charge in [0, 0.05) is 19.6 Å². The van der Waals surface area contributed by atoms with E-state index in [-0.39, 0.29) is 24.9 Å². The Hall–Kier alpha value is -4.07. The van der Waals surface area contributed by atoms with Crippen molar-refractivity contribution in [3.05, 3.63) is 35.4 Å². The Kier molecular flexibility index (Phi) is 10.7. The van der Waals surface area contributed by atoms with Gasteiger partial charge in [-0.3, -0.25) is 24.1 Å². The normalized spacial score (nSPS) is 21.2. The minimum absolute atomic E-state index is 0.0431. The molecule has 11 heteroatoms. The van der Waals surface area contributed by atoms with Crippen LogP contribution in [0.4, 0.5) is 4.79 Å². The van der Waals surface area contributed by atoms with Crippen molar-refractivity contribution in [2.24, 2.45) is 5.41 Å². The average molecular weight is 610 g/mol. The molecule has 1 saturated heterocycles. The summed E-state index contributed by atoms with van der Waals surface area (Å²) in [5, 5.41) is 8.67. The number of carbonyl (C=O) groups excluding carboxylic acids is 5. The fourth-order valence-electron chi connectivity index (χ4n) is 5.58. The van der Waals surface area contributed by atoms with Crippen molar-refractivity contribution in [2.45, 2.75) is 110 Å². The lowest BCUT2D eigenvalue weighted by Crippen LogP contribution is -2.60. The highest BCUT2D eigenvalue weighted by atomic mass is 16.6. The Morgan fingerprint density at radius 2 is 1.73 bits per heavy atom. The van der Waals surface area contributed by atoms with Crippen LogP contribution >= 0.6 is 0 Å². The van der Waals surface area contributed by atoms with Crippen LogP contribution in [-0.2, 0) is 30.3 Å². The summed E-state index contributed by atoms with van der Waals surface area (Å²) in [6, 6.07) is 4.34. The number of likely N-dealkylation sites (N-methyl/N-ethyl adjacent to an activating group) is 1. The quantitative estimate of drug-likeness (QED) is 0.407. The summed E-state index contributed by atoms with van der Waals surface area (Å²) in [5.41, 5.74) is 0.731. The van der Waals surface area contributed by atoms with Crippen LogP contribution in [-0.4, -0.2) is 82.9 Å². The van der Waals surface area contributed by atoms with Crippen LogP contribution in [0.2, 0.25) is 0 Å². The van der Waals surface area contributed by atoms with Gasteiger partial charge in [0.1, 0.15) is 23.7 Å². The number of carbonyl (C=O) groups is 5. The number of nitrogens with one attached hydrogen (secondary N) is 3. The Balaban J connectivity index is 1.84. The van der Waals surface area contributed by atoms with Crippen molar-refractivity contribution in [3.8, 4) is 12.3 Å². The summed E-state index contributed by atoms with van der Waals surface area (Å²) in [7, 11) is 1.45. The van der Waals surface area contributed by atoms with Crippen molar-refractivity contribution in [1.29, 1.82) is 0 Å². The molecule has 0 aromatic heterocycles. The van der Waals surface area contributed by atoms with Gasteiger partial charge < -0.3 is 25.6 Å². The van der Waals surface area contributed by atoms with E-state index in [1.165, 1.54) is 22.4 Å². The summed E-state index contributed by atoms with van der Waals surface area (Å²) in [6.07, 6.45) is 7.39. The highest BCUT2D eigenvalue weighted by molar-refractivity contribution is 5.96. The zero-order chi connectivity index (χ0) is 33.0. The second kappa shape index (κ2) is 13.7. The lowest BCUT2D eigenvalue weighted by Gasteiger charge is -2.37. The molecule has 1 fully saturated rings. The first-order chi connectivity index (χ1) is 20.4. The molecule has 0 bridgehead atoms. The van der Waals surface area contributed by atoms with Gasteiger partial charge in [-0.2, -0.15) is 0 Å². The molecule has 5 atom stereocenters. The van der Waals surface area contributed by atoms with Gasteiger partial charge in [0.15, 0.2) is 0 Å². The number of nitrogens with zero attached hydrogens (tertiary/aromatic N) is 2. The third kappa shape index (κ3) is 8.52. The molecule has 0 saturated carbocycles. The Bertz CT molecular complexity index is 1310. The van der Waals surface area contributed by atoms with Crippen LogP contribution in [0.5, 0.6) is 0 Å². The van der Waals surface area contributed by atoms with E-state index in [2.05, 4.69) is 22.0 Å². The van der Waals surface area contributed by atoms with Crippen molar-refractivity contribution in [2.75, 3.05) is 13.6 Å². The first-order valence-corrected chi connectivity index (χ1v) is 15.1. The van der Waals surface area contributed by atoms with E-state index in [4.69, 9.17) is 11.2 Å². The maximum atomic E-state index is 14.2. The van der Waals surface area contributed by atoms with E-state index in [0.717, 1.165) is 24.8 Å². The van der Waals surface area contributed by atoms with Crippen molar-refractivity contribution < 1.29 is 28.7 Å². The smallest absolute Gasteiger partial charge is 0.410 e. The number of fused-ring (bicyclic) bond motifs is 1. The molecule has 3 N–H and O–H groups in total. The molecular formula is C33H47N5O6. The number of hydrogen-bond acceptors (Lipinski definition) is 6. The Morgan fingerprint density at radius 3 is 2.34 bits per heavy atom. The summed E-state index contributed by atoms with van der Waals surface area (Å²) in [5.74, 6) is 0.0237. The molecule has 1 aromatic rings. The van der Waals surface area contributed by atoms with Crippen LogP contribution < -0.4 is 16.0 Å². The first kappa shape index (κ1) is 34.4. The Labute approximate surface area is 260 Å². The lowest BCUT2D eigenvalue weighted by atomic mass is 9.85. The summed E-state index contributed by atoms with van der Waals surface area (Å²) < 4.78 is 5.39. The van der Waals surface area contributed by atoms with Crippen molar-refractivity contribution in [3.63, 3.8) is 0 Å². The second-order valence-corrected chi connectivity index (χ2v) is 13.8. The maximum Gasteiger partial charge on any atom is 0.410 e. The van der Waals surface area contributed by atoms with Gasteiger partial charge in [0.2, 0.25) is 17.7 Å². The van der Waals surface area contributed by atoms with Crippen molar-refractivity contribution in [1.82, 2.24) is 25.8 Å². The van der Waals surface area contributed by atoms with Gasteiger partial charge in [-0.05, 0) is 75.8 Å². The lowest BCUT2D eigenvalue weighted by molar-refractivity contribution is -0.144. The van der Waals surface area contributed by atoms with Crippen LogP contribution in [0.1, 0.15) is 84.9 Å². The van der Waals surface area contributed by atoms with E-state index in [9.17, 15) is 24.0 Å². The number of aryl methyl sites for hydroxylation is 1. The summed E-state index contributed by atoms with van der Waals surface area (Å²) in [6.45, 7) is 12.2. The second-order valence-electron chi connectivity index (χ2n) is 13.8. The minimum Gasteiger partial charge on any atom is -0.444 e. The number of rotatable bonds is 7. The molecule has 2 aliphatic rings. The number of benzene rings is 1. The molecule has 44 heavy (non-hydrogen) atoms. The molecule has 1 aliphatic heterocycles. The summed E-state index contributed by atoms with van der Waals surface area (Å²) >= 11 is 0. The van der Waals surface area contributed by atoms with E-state index in [1.54, 1.807) is 48.5 Å². The molecule has 11 nitrogen and oxygen atoms in total. The monoisotopic (exact) mass is 609 g/mol. The van der Waals surface area contributed by atoms with Crippen LogP contribution in [0.15, 0.2) is 24.3 Å². The third-order valence-corrected chi connectivity index (χ3v) is 8.08. The molecule has 5 amide bonds. The largest absolute Gasteiger partial charge is 0.444 e. The van der Waals surface area contributed by atoms with Gasteiger partial charge in [0.25, 0.3) is 5.91 Å². The molecule has 0 spiro atoms. The molecule has 1 aliphatic carbocycles. The topological polar surface area (TPSA) is 137 Å². The average Bonchev–Trinajstić information content (AvgIpc) is 3.37. The fourth-order valence-corrected chi connectivity index (χ4v) is 5.58. The molecule has 3 rings (SSSR count). The van der Waals surface area contributed by atoms with Gasteiger partial charge in [-0.15, -0.1) is 6.42 Å². The molecule has 0 radical (unpaired) electrons. The first-order valence-electron chi connectivity index (χ1n) is 15.1. The zero-order valence-corrected chi connectivity index (χ0v) is 27.2. The van der Waals surface area contributed by atoms with Crippen LogP contribution in [0, 0.1) is 17.8 Å². The summed E-state index contributed by atoms with van der Waals surface area (Å²) in [4.78, 5) is 68.7. The highest BCUT2D eigenvalue weighted by Gasteiger charge is 2.46. The van der Waals surface area contributed by atoms with E-state index in [1.807, 2.05) is 24.1 Å². The highest BCUT2D eigenvalue weighted by Crippen LogP contribution is 2.31. The molecular weight excluding hydrogens is 562 g/mol. The van der Waals surface area contributed by atoms with E-state index >= 15 is 0 Å². The van der Waals surface area contributed by atoms with Gasteiger partial charge in [0.05, 0.1) is 6.04 Å². The number of terminal acetylenes is 1. The minimum atomic E-state index is -1.04. The molecule has 5 unspecified atom stereocenters. The number of amides is 5. The van der Waals surface area contributed by atoms with E-state index in [0.29, 0.717) is 0 Å². The van der Waals surface area contributed by atoms with Gasteiger partial charge in [-0.1, -0.05) is 45.0 Å². The molecule has 1 heterocycles. The standard InChI is InChI=1S/C33H47N5O6/c1-10-26(39)34-22-18-25(29(41)35-24-17-13-15-21-14-11-12-16-23(21)24)38(19-22)30(42)27(32(3,4)5)36-28(40)20(2)37(9)31(43)44-33(6,7)8/h1,11-12,14,16,20,22,24-25,27H,13,15,17-19H2,2-9H3,(H,34,39)(H,35,41)(H,36,40). The Morgan fingerprint density at radius 1 is 1.07 bits per heavy atom. The number of likely N-dealkylation sites (tertiary alicyclic amines) is 1. The van der Waals surface area contributed by atoms with Gasteiger partial charge in [-0.25, -0.2) is 4.79 Å². The number of hydrogen-bond donors (Lipinski definition) is 3. The molecule has 240 valence electrons. The molecule has 1 aromatic carbocycles. The third-order valence-electron chi connectivity index (χ3n) is 8.08. The zero-order valence-electron chi connectivity index (χ0n) is 27.2. The predicted octanol–water partition coefficient (Wildman–Crippen LogP) is 2.69. The van der Waals surface area contributed by atoms with Crippen molar-refractivity contribution >= 4 is 29.7 Å². The van der Waals surface area contributed by atoms with Crippen LogP contribution in [0.25, 0.3) is 0 Å². The van der Waals surface area contributed by atoms with Gasteiger partial charge >= 0.3 is 6.09 Å². The predicted molar refractivity (Wildman–Crippen MR) is 166 cm³/mol. The fraction of sp³-hybridized carbons (Fsp3) is 0.606. The van der Waals surface area contributed by atoms with Crippen LogP contribution in [0.3, 0.4) is 0 Å². The van der Waals surface area contributed by atoms with E-state index < -0.39 is 59.0 Å². The SMILES string of the molecule is C#CC(=O)NC1CC(C(=O)NC2CCCc3ccccc32)N(C(=O)C(NC(=O)C(C)N(C)C(=O)OC(C)(C)C)C(C)(C)C)C1. The number of ether oxygens (including phenoxy) is 1. The maximum absolute atomic E-state index is 14.2.